The van der Waals surface area contributed by atoms with Crippen LogP contribution in [0.15, 0.2) is 29.2 Å². The van der Waals surface area contributed by atoms with Gasteiger partial charge in [0.2, 0.25) is 0 Å². The zero-order valence-electron chi connectivity index (χ0n) is 6.69. The molecule has 0 aliphatic carbocycles. The Kier molecular flexibility index (Phi) is 3.62. The van der Waals surface area contributed by atoms with Crippen LogP contribution < -0.4 is 10.2 Å². The highest BCUT2D eigenvalue weighted by atomic mass is 32.2. The van der Waals surface area contributed by atoms with Crippen molar-refractivity contribution in [2.45, 2.75) is 4.90 Å². The molecule has 0 fully saturated rings. The van der Waals surface area contributed by atoms with Crippen molar-refractivity contribution in [3.63, 3.8) is 0 Å². The van der Waals surface area contributed by atoms with Crippen LogP contribution in [0.5, 0.6) is 0 Å². The van der Waals surface area contributed by atoms with Gasteiger partial charge in [-0.05, 0) is 36.6 Å². The third-order valence-corrected chi connectivity index (χ3v) is 2.07. The van der Waals surface area contributed by atoms with Crippen LogP contribution in [-0.2, 0) is 0 Å². The lowest BCUT2D eigenvalue weighted by Crippen LogP contribution is -2.29. The zero-order chi connectivity index (χ0) is 8.97. The Morgan fingerprint density at radius 3 is 2.75 bits per heavy atom. The average molecular weight is 183 g/mol. The van der Waals surface area contributed by atoms with Crippen LogP contribution >= 0.6 is 11.9 Å². The number of rotatable bonds is 3. The molecule has 0 bridgehead atoms. The van der Waals surface area contributed by atoms with Crippen molar-refractivity contribution in [3.05, 3.63) is 24.3 Å². The van der Waals surface area contributed by atoms with Crippen LogP contribution in [0, 0.1) is 0 Å². The van der Waals surface area contributed by atoms with Crippen molar-refractivity contribution in [1.82, 2.24) is 4.72 Å². The lowest BCUT2D eigenvalue weighted by Gasteiger charge is -2.02. The van der Waals surface area contributed by atoms with E-state index >= 15 is 0 Å². The van der Waals surface area contributed by atoms with Crippen molar-refractivity contribution in [2.24, 2.45) is 0 Å². The minimum absolute atomic E-state index is 0.509. The monoisotopic (exact) mass is 183 g/mol. The standard InChI is InChI=1S/C7H10BNO2S/c1-9-12-7-4-2-3-6(5-7)8(10)11/h2-5,9-11H,1H3. The SMILES string of the molecule is CNSc1cccc(B(O)O)c1. The molecule has 0 radical (unpaired) electrons. The smallest absolute Gasteiger partial charge is 0.423 e. The summed E-state index contributed by atoms with van der Waals surface area (Å²) in [6, 6.07) is 7.08. The minimum atomic E-state index is -1.39. The van der Waals surface area contributed by atoms with E-state index in [0.29, 0.717) is 5.46 Å². The van der Waals surface area contributed by atoms with Gasteiger partial charge in [0.05, 0.1) is 0 Å². The summed E-state index contributed by atoms with van der Waals surface area (Å²) in [5, 5.41) is 17.7. The molecule has 1 aromatic rings. The summed E-state index contributed by atoms with van der Waals surface area (Å²) in [7, 11) is 0.426. The lowest BCUT2D eigenvalue weighted by atomic mass is 9.81. The largest absolute Gasteiger partial charge is 0.488 e. The molecule has 0 amide bonds. The molecule has 3 nitrogen and oxygen atoms in total. The van der Waals surface area contributed by atoms with Gasteiger partial charge in [-0.1, -0.05) is 12.1 Å². The second-order valence-electron chi connectivity index (χ2n) is 2.25. The zero-order valence-corrected chi connectivity index (χ0v) is 7.51. The molecule has 1 aromatic carbocycles. The summed E-state index contributed by atoms with van der Waals surface area (Å²) in [6.07, 6.45) is 0. The fourth-order valence-electron chi connectivity index (χ4n) is 0.856. The van der Waals surface area contributed by atoms with Gasteiger partial charge in [0.1, 0.15) is 0 Å². The first-order chi connectivity index (χ1) is 5.74. The quantitative estimate of drug-likeness (QED) is 0.440. The van der Waals surface area contributed by atoms with Crippen LogP contribution in [0.25, 0.3) is 0 Å². The molecular formula is C7H10BNO2S. The molecule has 0 aliphatic rings. The van der Waals surface area contributed by atoms with E-state index in [-0.39, 0.29) is 0 Å². The van der Waals surface area contributed by atoms with Crippen LogP contribution in [0.4, 0.5) is 0 Å². The van der Waals surface area contributed by atoms with E-state index in [0.717, 1.165) is 4.90 Å². The first-order valence-electron chi connectivity index (χ1n) is 3.53. The van der Waals surface area contributed by atoms with E-state index in [9.17, 15) is 0 Å². The molecule has 0 saturated heterocycles. The molecule has 0 aliphatic heterocycles. The Morgan fingerprint density at radius 2 is 2.17 bits per heavy atom. The third-order valence-electron chi connectivity index (χ3n) is 1.38. The van der Waals surface area contributed by atoms with Gasteiger partial charge in [0.15, 0.2) is 0 Å². The molecule has 3 N–H and O–H groups in total. The van der Waals surface area contributed by atoms with Crippen LogP contribution in [0.3, 0.4) is 0 Å². The van der Waals surface area contributed by atoms with Crippen molar-refractivity contribution < 1.29 is 10.0 Å². The maximum atomic E-state index is 8.84. The summed E-state index contributed by atoms with van der Waals surface area (Å²) >= 11 is 1.43. The summed E-state index contributed by atoms with van der Waals surface area (Å²) < 4.78 is 2.90. The van der Waals surface area contributed by atoms with E-state index in [1.54, 1.807) is 18.2 Å². The normalized spacial score (nSPS) is 9.92. The predicted octanol–water partition coefficient (Wildman–Crippen LogP) is -0.407. The first-order valence-corrected chi connectivity index (χ1v) is 4.35. The van der Waals surface area contributed by atoms with E-state index in [1.807, 2.05) is 13.1 Å². The molecule has 0 heterocycles. The average Bonchev–Trinajstić information content (AvgIpc) is 2.05. The van der Waals surface area contributed by atoms with Gasteiger partial charge in [-0.3, -0.25) is 4.72 Å². The predicted molar refractivity (Wildman–Crippen MR) is 51.2 cm³/mol. The first kappa shape index (κ1) is 9.60. The van der Waals surface area contributed by atoms with Gasteiger partial charge in [-0.25, -0.2) is 0 Å². The molecule has 0 aromatic heterocycles. The van der Waals surface area contributed by atoms with Gasteiger partial charge < -0.3 is 10.0 Å². The Hall–Kier alpha value is -0.485. The van der Waals surface area contributed by atoms with Crippen molar-refractivity contribution in [3.8, 4) is 0 Å². The van der Waals surface area contributed by atoms with Crippen molar-refractivity contribution in [2.75, 3.05) is 7.05 Å². The summed E-state index contributed by atoms with van der Waals surface area (Å²) in [5.41, 5.74) is 0.509. The van der Waals surface area contributed by atoms with Gasteiger partial charge >= 0.3 is 7.12 Å². The van der Waals surface area contributed by atoms with E-state index in [4.69, 9.17) is 10.0 Å². The second-order valence-corrected chi connectivity index (χ2v) is 3.34. The maximum absolute atomic E-state index is 8.84. The Balaban J connectivity index is 2.81. The van der Waals surface area contributed by atoms with Crippen molar-refractivity contribution >= 4 is 24.5 Å². The highest BCUT2D eigenvalue weighted by molar-refractivity contribution is 7.97. The molecule has 0 spiro atoms. The van der Waals surface area contributed by atoms with Gasteiger partial charge in [0.25, 0.3) is 0 Å². The molecular weight excluding hydrogens is 173 g/mol. The molecule has 5 heteroatoms. The Labute approximate surface area is 76.1 Å². The highest BCUT2D eigenvalue weighted by Crippen LogP contribution is 2.10. The fraction of sp³-hybridized carbons (Fsp3) is 0.143. The summed E-state index contributed by atoms with van der Waals surface area (Å²) in [5.74, 6) is 0. The van der Waals surface area contributed by atoms with Crippen molar-refractivity contribution in [1.29, 1.82) is 0 Å². The number of hydrogen-bond acceptors (Lipinski definition) is 4. The Bertz CT molecular complexity index is 257. The Morgan fingerprint density at radius 1 is 1.42 bits per heavy atom. The fourth-order valence-corrected chi connectivity index (χ4v) is 1.43. The molecule has 0 atom stereocenters. The van der Waals surface area contributed by atoms with Gasteiger partial charge in [0, 0.05) is 4.90 Å². The van der Waals surface area contributed by atoms with E-state index < -0.39 is 7.12 Å². The number of hydrogen-bond donors (Lipinski definition) is 3. The molecule has 12 heavy (non-hydrogen) atoms. The van der Waals surface area contributed by atoms with Crippen LogP contribution in [-0.4, -0.2) is 24.2 Å². The minimum Gasteiger partial charge on any atom is -0.423 e. The third kappa shape index (κ3) is 2.53. The number of benzene rings is 1. The highest BCUT2D eigenvalue weighted by Gasteiger charge is 2.10. The van der Waals surface area contributed by atoms with Crippen LogP contribution in [0.2, 0.25) is 0 Å². The van der Waals surface area contributed by atoms with E-state index in [2.05, 4.69) is 4.72 Å². The van der Waals surface area contributed by atoms with Gasteiger partial charge in [-0.15, -0.1) is 0 Å². The molecule has 1 rings (SSSR count). The summed E-state index contributed by atoms with van der Waals surface area (Å²) in [4.78, 5) is 0.961. The van der Waals surface area contributed by atoms with Gasteiger partial charge in [-0.2, -0.15) is 0 Å². The van der Waals surface area contributed by atoms with Crippen LogP contribution in [0.1, 0.15) is 0 Å². The molecule has 0 saturated carbocycles. The maximum Gasteiger partial charge on any atom is 0.488 e. The van der Waals surface area contributed by atoms with E-state index in [1.165, 1.54) is 11.9 Å². The second kappa shape index (κ2) is 4.52. The topological polar surface area (TPSA) is 52.5 Å². The molecule has 64 valence electrons. The summed E-state index contributed by atoms with van der Waals surface area (Å²) in [6.45, 7) is 0. The number of nitrogens with one attached hydrogen (secondary N) is 1. The lowest BCUT2D eigenvalue weighted by molar-refractivity contribution is 0.425. The molecule has 0 unspecified atom stereocenters.